The average Bonchev–Trinajstić information content (AvgIpc) is 2.84. The summed E-state index contributed by atoms with van der Waals surface area (Å²) >= 11 is 0. The number of unbranched alkanes of at least 4 members (excludes halogenated alkanes) is 1. The lowest BCUT2D eigenvalue weighted by Gasteiger charge is -2.09. The van der Waals surface area contributed by atoms with Gasteiger partial charge in [0, 0.05) is 0 Å². The van der Waals surface area contributed by atoms with Gasteiger partial charge in [0.1, 0.15) is 5.75 Å². The maximum absolute atomic E-state index is 5.92. The molecule has 0 bridgehead atoms. The Morgan fingerprint density at radius 2 is 1.95 bits per heavy atom. The van der Waals surface area contributed by atoms with Gasteiger partial charge >= 0.3 is 0 Å². The number of hydrogen-bond donors (Lipinski definition) is 1. The highest BCUT2D eigenvalue weighted by atomic mass is 16.5. The molecule has 1 heterocycles. The van der Waals surface area contributed by atoms with Crippen LogP contribution in [0.15, 0.2) is 28.8 Å². The molecule has 2 aromatic rings. The van der Waals surface area contributed by atoms with Gasteiger partial charge in [-0.15, -0.1) is 0 Å². The lowest BCUT2D eigenvalue weighted by Crippen LogP contribution is -2.04. The highest BCUT2D eigenvalue weighted by Gasteiger charge is 2.15. The fourth-order valence-electron chi connectivity index (χ4n) is 2.14. The van der Waals surface area contributed by atoms with Crippen molar-refractivity contribution in [2.75, 3.05) is 12.3 Å². The molecule has 114 valence electrons. The molecule has 0 atom stereocenters. The van der Waals surface area contributed by atoms with E-state index in [1.807, 2.05) is 24.3 Å². The summed E-state index contributed by atoms with van der Waals surface area (Å²) < 4.78 is 10.8. The predicted molar refractivity (Wildman–Crippen MR) is 85.3 cm³/mol. The maximum Gasteiger partial charge on any atom is 0.230 e. The Hall–Kier alpha value is -1.97. The lowest BCUT2D eigenvalue weighted by atomic mass is 10.0. The summed E-state index contributed by atoms with van der Waals surface area (Å²) in [6.07, 6.45) is 3.08. The summed E-state index contributed by atoms with van der Waals surface area (Å²) in [4.78, 5) is 0. The molecular formula is C17H24N2O2. The van der Waals surface area contributed by atoms with E-state index in [2.05, 4.69) is 25.9 Å². The van der Waals surface area contributed by atoms with Crippen molar-refractivity contribution in [3.63, 3.8) is 0 Å². The maximum atomic E-state index is 5.92. The van der Waals surface area contributed by atoms with Crippen molar-refractivity contribution in [2.45, 2.75) is 40.0 Å². The monoisotopic (exact) mass is 288 g/mol. The minimum atomic E-state index is 0.386. The Labute approximate surface area is 126 Å². The van der Waals surface area contributed by atoms with Gasteiger partial charge in [0.25, 0.3) is 0 Å². The molecule has 0 spiro atoms. The Morgan fingerprint density at radius 3 is 2.57 bits per heavy atom. The van der Waals surface area contributed by atoms with Gasteiger partial charge in [-0.2, -0.15) is 0 Å². The van der Waals surface area contributed by atoms with Crippen LogP contribution in [-0.2, 0) is 6.42 Å². The van der Waals surface area contributed by atoms with E-state index >= 15 is 0 Å². The molecule has 0 saturated carbocycles. The van der Waals surface area contributed by atoms with Gasteiger partial charge < -0.3 is 15.0 Å². The molecule has 1 aromatic carbocycles. The third-order valence-corrected chi connectivity index (χ3v) is 3.28. The van der Waals surface area contributed by atoms with Crippen molar-refractivity contribution in [3.05, 3.63) is 30.0 Å². The first-order valence-electron chi connectivity index (χ1n) is 7.59. The molecule has 21 heavy (non-hydrogen) atoms. The summed E-state index contributed by atoms with van der Waals surface area (Å²) in [5.41, 5.74) is 8.80. The quantitative estimate of drug-likeness (QED) is 0.825. The van der Waals surface area contributed by atoms with Crippen LogP contribution in [0.5, 0.6) is 5.75 Å². The molecule has 0 aliphatic heterocycles. The van der Waals surface area contributed by atoms with Crippen LogP contribution in [-0.4, -0.2) is 11.8 Å². The minimum absolute atomic E-state index is 0.386. The van der Waals surface area contributed by atoms with Crippen molar-refractivity contribution < 1.29 is 9.26 Å². The van der Waals surface area contributed by atoms with Gasteiger partial charge in [0.2, 0.25) is 5.88 Å². The van der Waals surface area contributed by atoms with Crippen LogP contribution >= 0.6 is 0 Å². The van der Waals surface area contributed by atoms with E-state index in [0.29, 0.717) is 11.8 Å². The molecule has 0 saturated heterocycles. The van der Waals surface area contributed by atoms with Gasteiger partial charge in [-0.3, -0.25) is 0 Å². The molecular weight excluding hydrogens is 264 g/mol. The van der Waals surface area contributed by atoms with E-state index in [-0.39, 0.29) is 0 Å². The number of anilines is 1. The fourth-order valence-corrected chi connectivity index (χ4v) is 2.14. The lowest BCUT2D eigenvalue weighted by molar-refractivity contribution is 0.271. The molecule has 4 heteroatoms. The Kier molecular flexibility index (Phi) is 5.26. The number of rotatable bonds is 7. The first-order chi connectivity index (χ1) is 10.1. The van der Waals surface area contributed by atoms with Crippen molar-refractivity contribution in [2.24, 2.45) is 5.92 Å². The number of nitrogens with zero attached hydrogens (tertiary/aromatic N) is 1. The van der Waals surface area contributed by atoms with Gasteiger partial charge in [0.05, 0.1) is 17.9 Å². The molecule has 0 unspecified atom stereocenters. The van der Waals surface area contributed by atoms with Crippen LogP contribution in [0.4, 0.5) is 5.88 Å². The standard InChI is InChI=1S/C17H24N2O2/c1-4-5-6-15-16(17(18)21-19-15)13-7-9-14(10-8-13)20-11-12(2)3/h7-10,12H,4-6,11,18H2,1-3H3. The largest absolute Gasteiger partial charge is 0.493 e. The van der Waals surface area contributed by atoms with Crippen LogP contribution in [0.3, 0.4) is 0 Å². The molecule has 0 aliphatic carbocycles. The summed E-state index contributed by atoms with van der Waals surface area (Å²) in [5.74, 6) is 1.77. The molecule has 0 fully saturated rings. The molecule has 0 radical (unpaired) electrons. The van der Waals surface area contributed by atoms with E-state index < -0.39 is 0 Å². The molecule has 2 N–H and O–H groups in total. The zero-order valence-corrected chi connectivity index (χ0v) is 13.1. The SMILES string of the molecule is CCCCc1noc(N)c1-c1ccc(OCC(C)C)cc1. The Balaban J connectivity index is 2.16. The zero-order chi connectivity index (χ0) is 15.2. The topological polar surface area (TPSA) is 61.3 Å². The van der Waals surface area contributed by atoms with Gasteiger partial charge in [-0.1, -0.05) is 44.5 Å². The Bertz CT molecular complexity index is 559. The van der Waals surface area contributed by atoms with Gasteiger partial charge in [-0.25, -0.2) is 0 Å². The third-order valence-electron chi connectivity index (χ3n) is 3.28. The fraction of sp³-hybridized carbons (Fsp3) is 0.471. The van der Waals surface area contributed by atoms with Crippen LogP contribution in [0.1, 0.15) is 39.3 Å². The van der Waals surface area contributed by atoms with E-state index in [1.54, 1.807) is 0 Å². The van der Waals surface area contributed by atoms with E-state index in [4.69, 9.17) is 15.0 Å². The number of benzene rings is 1. The number of aromatic nitrogens is 1. The molecule has 4 nitrogen and oxygen atoms in total. The summed E-state index contributed by atoms with van der Waals surface area (Å²) in [6, 6.07) is 7.95. The van der Waals surface area contributed by atoms with Gasteiger partial charge in [0.15, 0.2) is 0 Å². The number of hydrogen-bond acceptors (Lipinski definition) is 4. The highest BCUT2D eigenvalue weighted by Crippen LogP contribution is 2.31. The van der Waals surface area contributed by atoms with E-state index in [9.17, 15) is 0 Å². The van der Waals surface area contributed by atoms with Crippen LogP contribution < -0.4 is 10.5 Å². The third kappa shape index (κ3) is 4.00. The summed E-state index contributed by atoms with van der Waals surface area (Å²) in [6.45, 7) is 7.14. The van der Waals surface area contributed by atoms with Crippen molar-refractivity contribution in [1.82, 2.24) is 5.16 Å². The highest BCUT2D eigenvalue weighted by molar-refractivity contribution is 5.75. The second kappa shape index (κ2) is 7.16. The minimum Gasteiger partial charge on any atom is -0.493 e. The molecule has 1 aromatic heterocycles. The van der Waals surface area contributed by atoms with E-state index in [0.717, 1.165) is 48.4 Å². The molecule has 0 amide bonds. The average molecular weight is 288 g/mol. The second-order valence-corrected chi connectivity index (χ2v) is 5.70. The molecule has 0 aliphatic rings. The van der Waals surface area contributed by atoms with Crippen LogP contribution in [0, 0.1) is 5.92 Å². The smallest absolute Gasteiger partial charge is 0.230 e. The number of aryl methyl sites for hydroxylation is 1. The van der Waals surface area contributed by atoms with Crippen molar-refractivity contribution >= 4 is 5.88 Å². The number of nitrogens with two attached hydrogens (primary N) is 1. The van der Waals surface area contributed by atoms with Crippen LogP contribution in [0.25, 0.3) is 11.1 Å². The van der Waals surface area contributed by atoms with E-state index in [1.165, 1.54) is 0 Å². The Morgan fingerprint density at radius 1 is 1.24 bits per heavy atom. The summed E-state index contributed by atoms with van der Waals surface area (Å²) in [7, 11) is 0. The van der Waals surface area contributed by atoms with Crippen molar-refractivity contribution in [1.29, 1.82) is 0 Å². The second-order valence-electron chi connectivity index (χ2n) is 5.70. The predicted octanol–water partition coefficient (Wildman–Crippen LogP) is 4.30. The molecule has 2 rings (SSSR count). The first-order valence-corrected chi connectivity index (χ1v) is 7.59. The van der Waals surface area contributed by atoms with Crippen LogP contribution in [0.2, 0.25) is 0 Å². The summed E-state index contributed by atoms with van der Waals surface area (Å²) in [5, 5.41) is 4.08. The van der Waals surface area contributed by atoms with Gasteiger partial charge in [-0.05, 0) is 36.5 Å². The number of ether oxygens (including phenoxy) is 1. The van der Waals surface area contributed by atoms with Crippen molar-refractivity contribution in [3.8, 4) is 16.9 Å². The normalized spacial score (nSPS) is 11.0. The zero-order valence-electron chi connectivity index (χ0n) is 13.1. The number of nitrogen functional groups attached to an aromatic ring is 1. The first kappa shape index (κ1) is 15.4.